The first-order valence-electron chi connectivity index (χ1n) is 9.41. The van der Waals surface area contributed by atoms with Crippen LogP contribution in [0.4, 0.5) is 0 Å². The van der Waals surface area contributed by atoms with E-state index in [1.807, 2.05) is 6.07 Å². The van der Waals surface area contributed by atoms with Crippen LogP contribution in [0.2, 0.25) is 0 Å². The van der Waals surface area contributed by atoms with Crippen LogP contribution in [-0.4, -0.2) is 19.6 Å². The van der Waals surface area contributed by atoms with Gasteiger partial charge in [-0.3, -0.25) is 0 Å². The smallest absolute Gasteiger partial charge is 0.382 e. The topological polar surface area (TPSA) is 75.6 Å². The zero-order valence-electron chi connectivity index (χ0n) is 14.5. The fourth-order valence-corrected chi connectivity index (χ4v) is 7.04. The summed E-state index contributed by atoms with van der Waals surface area (Å²) in [7, 11) is -3.65. The fourth-order valence-electron chi connectivity index (χ4n) is 6.27. The number of fused-ring (bicyclic) bond motifs is 7. The molecule has 1 aromatic carbocycles. The van der Waals surface area contributed by atoms with Crippen LogP contribution in [0, 0.1) is 17.3 Å². The van der Waals surface area contributed by atoms with Crippen molar-refractivity contribution < 1.29 is 17.7 Å². The third kappa shape index (κ3) is 2.23. The van der Waals surface area contributed by atoms with Gasteiger partial charge in [-0.25, -0.2) is 0 Å². The molecule has 25 heavy (non-hydrogen) atoms. The van der Waals surface area contributed by atoms with Gasteiger partial charge in [-0.05, 0) is 78.9 Å². The van der Waals surface area contributed by atoms with Gasteiger partial charge in [-0.2, -0.15) is 13.1 Å². The monoisotopic (exact) mass is 363 g/mol. The summed E-state index contributed by atoms with van der Waals surface area (Å²) in [5.74, 6) is 2.28. The van der Waals surface area contributed by atoms with Crippen molar-refractivity contribution in [2.24, 2.45) is 17.3 Å². The van der Waals surface area contributed by atoms with Crippen LogP contribution in [0.5, 0.6) is 5.75 Å². The first kappa shape index (κ1) is 16.1. The Morgan fingerprint density at radius 1 is 1.20 bits per heavy atom. The summed E-state index contributed by atoms with van der Waals surface area (Å²) in [6.45, 7) is 2.62. The molecule has 1 heterocycles. The Hall–Kier alpha value is -1.11. The molecule has 4 aliphatic rings. The molecule has 0 unspecified atom stereocenters. The van der Waals surface area contributed by atoms with Crippen molar-refractivity contribution in [3.8, 4) is 5.75 Å². The molecule has 136 valence electrons. The Labute approximate surface area is 149 Å². The standard InChI is InChI=1S/C19H25NO4S/c1-19-9-8-13-11-4-6-17-15(10-20-25(22,23)24-17)12(11)2-3-14(13)16(19)5-7-18(19)21/h4,6,13-14,16,18,20-21H,2-3,5,7-10H2,1H3/t13-,14-,16+,18+,19+/m1/s1. The van der Waals surface area contributed by atoms with Crippen LogP contribution in [0.25, 0.3) is 0 Å². The molecule has 5 nitrogen and oxygen atoms in total. The normalized spacial score (nSPS) is 41.0. The summed E-state index contributed by atoms with van der Waals surface area (Å²) in [6.07, 6.45) is 6.25. The van der Waals surface area contributed by atoms with Gasteiger partial charge in [0.2, 0.25) is 0 Å². The highest BCUT2D eigenvalue weighted by Crippen LogP contribution is 2.61. The number of benzene rings is 1. The summed E-state index contributed by atoms with van der Waals surface area (Å²) in [5.41, 5.74) is 3.79. The van der Waals surface area contributed by atoms with Gasteiger partial charge in [0.15, 0.2) is 0 Å². The van der Waals surface area contributed by atoms with Gasteiger partial charge in [-0.15, -0.1) is 0 Å². The van der Waals surface area contributed by atoms with Gasteiger partial charge in [0.25, 0.3) is 0 Å². The molecule has 2 saturated carbocycles. The van der Waals surface area contributed by atoms with Crippen molar-refractivity contribution in [3.63, 3.8) is 0 Å². The van der Waals surface area contributed by atoms with Gasteiger partial charge < -0.3 is 9.29 Å². The third-order valence-corrected chi connectivity index (χ3v) is 8.46. The number of rotatable bonds is 0. The molecule has 0 aromatic heterocycles. The van der Waals surface area contributed by atoms with Crippen molar-refractivity contribution in [2.45, 2.75) is 64.0 Å². The molecular weight excluding hydrogens is 338 g/mol. The average Bonchev–Trinajstić information content (AvgIpc) is 2.88. The third-order valence-electron chi connectivity index (χ3n) is 7.56. The molecule has 5 atom stereocenters. The SMILES string of the molecule is C[C@]12CC[C@@H]3c4ccc5c(c4CC[C@H]3[C@@H]1CC[C@@H]2O)CNS(=O)(=O)O5. The van der Waals surface area contributed by atoms with Crippen LogP contribution in [-0.2, 0) is 23.3 Å². The van der Waals surface area contributed by atoms with E-state index in [1.165, 1.54) is 11.1 Å². The van der Waals surface area contributed by atoms with E-state index in [0.717, 1.165) is 44.1 Å². The second-order valence-corrected chi connectivity index (χ2v) is 9.89. The Bertz CT molecular complexity index is 836. The zero-order chi connectivity index (χ0) is 17.4. The van der Waals surface area contributed by atoms with E-state index < -0.39 is 10.3 Å². The molecule has 2 N–H and O–H groups in total. The van der Waals surface area contributed by atoms with Gasteiger partial charge >= 0.3 is 10.3 Å². The largest absolute Gasteiger partial charge is 0.393 e. The maximum Gasteiger partial charge on any atom is 0.382 e. The number of hydrogen-bond donors (Lipinski definition) is 2. The Kier molecular flexibility index (Phi) is 3.35. The van der Waals surface area contributed by atoms with E-state index in [1.54, 1.807) is 0 Å². The highest BCUT2D eigenvalue weighted by atomic mass is 32.2. The molecule has 5 rings (SSSR count). The van der Waals surface area contributed by atoms with E-state index in [9.17, 15) is 13.5 Å². The second kappa shape index (κ2) is 5.21. The van der Waals surface area contributed by atoms with E-state index in [2.05, 4.69) is 17.7 Å². The van der Waals surface area contributed by atoms with Gasteiger partial charge in [-0.1, -0.05) is 13.0 Å². The lowest BCUT2D eigenvalue weighted by Crippen LogP contribution is -2.44. The molecule has 1 aromatic rings. The maximum absolute atomic E-state index is 11.6. The summed E-state index contributed by atoms with van der Waals surface area (Å²) >= 11 is 0. The van der Waals surface area contributed by atoms with E-state index in [4.69, 9.17) is 4.18 Å². The molecule has 0 radical (unpaired) electrons. The molecule has 1 aliphatic heterocycles. The minimum absolute atomic E-state index is 0.0889. The molecule has 0 spiro atoms. The van der Waals surface area contributed by atoms with Crippen molar-refractivity contribution in [1.29, 1.82) is 0 Å². The highest BCUT2D eigenvalue weighted by Gasteiger charge is 2.54. The van der Waals surface area contributed by atoms with Crippen LogP contribution < -0.4 is 8.91 Å². The van der Waals surface area contributed by atoms with Gasteiger partial charge in [0.1, 0.15) is 5.75 Å². The molecule has 0 amide bonds. The lowest BCUT2D eigenvalue weighted by molar-refractivity contribution is -0.0226. The van der Waals surface area contributed by atoms with Crippen LogP contribution in [0.15, 0.2) is 12.1 Å². The maximum atomic E-state index is 11.6. The van der Waals surface area contributed by atoms with Crippen molar-refractivity contribution in [3.05, 3.63) is 28.8 Å². The van der Waals surface area contributed by atoms with Crippen molar-refractivity contribution in [2.75, 3.05) is 0 Å². The zero-order valence-corrected chi connectivity index (χ0v) is 15.3. The Balaban J connectivity index is 1.53. The first-order chi connectivity index (χ1) is 11.9. The summed E-state index contributed by atoms with van der Waals surface area (Å²) in [6, 6.07) is 3.94. The quantitative estimate of drug-likeness (QED) is 0.743. The number of nitrogens with one attached hydrogen (secondary N) is 1. The predicted molar refractivity (Wildman–Crippen MR) is 93.5 cm³/mol. The number of hydrogen-bond acceptors (Lipinski definition) is 4. The Morgan fingerprint density at radius 2 is 2.04 bits per heavy atom. The fraction of sp³-hybridized carbons (Fsp3) is 0.684. The summed E-state index contributed by atoms with van der Waals surface area (Å²) in [4.78, 5) is 0. The minimum atomic E-state index is -3.65. The second-order valence-electron chi connectivity index (χ2n) is 8.52. The number of aliphatic hydroxyl groups is 1. The molecule has 2 fully saturated rings. The number of aliphatic hydroxyl groups excluding tert-OH is 1. The lowest BCUT2D eigenvalue weighted by atomic mass is 9.55. The van der Waals surface area contributed by atoms with E-state index in [-0.39, 0.29) is 11.5 Å². The molecular formula is C19H25NO4S. The van der Waals surface area contributed by atoms with Crippen LogP contribution in [0.1, 0.15) is 61.6 Å². The first-order valence-corrected chi connectivity index (χ1v) is 10.8. The molecule has 6 heteroatoms. The molecule has 0 bridgehead atoms. The van der Waals surface area contributed by atoms with Crippen molar-refractivity contribution in [1.82, 2.24) is 4.72 Å². The van der Waals surface area contributed by atoms with E-state index in [0.29, 0.717) is 30.0 Å². The predicted octanol–water partition coefficient (Wildman–Crippen LogP) is 2.63. The summed E-state index contributed by atoms with van der Waals surface area (Å²) < 4.78 is 30.9. The van der Waals surface area contributed by atoms with E-state index >= 15 is 0 Å². The van der Waals surface area contributed by atoms with Gasteiger partial charge in [0.05, 0.1) is 6.10 Å². The molecule has 0 saturated heterocycles. The minimum Gasteiger partial charge on any atom is -0.393 e. The highest BCUT2D eigenvalue weighted by molar-refractivity contribution is 7.85. The van der Waals surface area contributed by atoms with Crippen LogP contribution in [0.3, 0.4) is 0 Å². The lowest BCUT2D eigenvalue weighted by Gasteiger charge is -2.50. The van der Waals surface area contributed by atoms with Gasteiger partial charge in [0, 0.05) is 12.1 Å². The molecule has 3 aliphatic carbocycles. The Morgan fingerprint density at radius 3 is 2.88 bits per heavy atom. The summed E-state index contributed by atoms with van der Waals surface area (Å²) in [5, 5.41) is 10.5. The van der Waals surface area contributed by atoms with Crippen LogP contribution >= 0.6 is 0 Å². The average molecular weight is 363 g/mol. The van der Waals surface area contributed by atoms with Crippen molar-refractivity contribution >= 4 is 10.3 Å².